The summed E-state index contributed by atoms with van der Waals surface area (Å²) in [5.74, 6) is -1.08. The van der Waals surface area contributed by atoms with Crippen molar-refractivity contribution in [3.63, 3.8) is 0 Å². The fourth-order valence-electron chi connectivity index (χ4n) is 0.321. The zero-order chi connectivity index (χ0) is 7.11. The maximum Gasteiger partial charge on any atom is 1.00 e. The monoisotopic (exact) mass is 167 g/mol. The second-order valence-electron chi connectivity index (χ2n) is 1.45. The Labute approximate surface area is 87.6 Å². The minimum atomic E-state index is -1.08. The summed E-state index contributed by atoms with van der Waals surface area (Å²) in [4.78, 5) is 8.89. The van der Waals surface area contributed by atoms with Gasteiger partial charge in [0.2, 0.25) is 0 Å². The third-order valence-corrected chi connectivity index (χ3v) is 0.556. The van der Waals surface area contributed by atoms with Gasteiger partial charge in [-0.25, -0.2) is 0 Å². The number of nitrogens with two attached hydrogens (primary N) is 1. The number of hydrogen-bond acceptors (Lipinski definition) is 3. The molecule has 5 heteroatoms. The molecule has 0 saturated carbocycles. The van der Waals surface area contributed by atoms with Gasteiger partial charge in [0.1, 0.15) is 0 Å². The second kappa shape index (κ2) is 12.5. The number of carboxylic acid groups (broad SMARTS) is 1. The van der Waals surface area contributed by atoms with Crippen LogP contribution in [-0.2, 0) is 4.79 Å². The van der Waals surface area contributed by atoms with Gasteiger partial charge >= 0.3 is 29.6 Å². The number of rotatable bonds is 0. The average molecular weight is 167 g/mol. The predicted octanol–water partition coefficient (Wildman–Crippen LogP) is -4.83. The minimum absolute atomic E-state index is 0. The molecule has 11 heavy (non-hydrogen) atoms. The molecule has 0 bridgehead atoms. The van der Waals surface area contributed by atoms with E-state index < -0.39 is 5.97 Å². The smallest absolute Gasteiger partial charge is 0.870 e. The summed E-state index contributed by atoms with van der Waals surface area (Å²) in [6, 6.07) is 0. The Morgan fingerprint density at radius 3 is 1.73 bits per heavy atom. The van der Waals surface area contributed by atoms with E-state index >= 15 is 0 Å². The van der Waals surface area contributed by atoms with Crippen LogP contribution >= 0.6 is 0 Å². The zero-order valence-electron chi connectivity index (χ0n) is 6.65. The van der Waals surface area contributed by atoms with Crippen LogP contribution in [0.4, 0.5) is 0 Å². The Kier molecular flexibility index (Phi) is 19.5. The molecule has 0 unspecified atom stereocenters. The van der Waals surface area contributed by atoms with E-state index in [4.69, 9.17) is 9.90 Å². The molecule has 58 valence electrons. The first-order chi connectivity index (χ1) is 4.23. The SMILES string of the molecule is C1=C[NH2+]C=C1.CC(=O)[O-].[Na+].[OH-]. The number of carbonyl (C=O) groups is 1. The molecule has 0 aromatic heterocycles. The second-order valence-corrected chi connectivity index (χ2v) is 1.45. The van der Waals surface area contributed by atoms with Crippen LogP contribution in [-0.4, -0.2) is 11.4 Å². The van der Waals surface area contributed by atoms with Crippen molar-refractivity contribution in [1.82, 2.24) is 0 Å². The van der Waals surface area contributed by atoms with Crippen LogP contribution in [0, 0.1) is 0 Å². The molecule has 0 amide bonds. The van der Waals surface area contributed by atoms with Crippen LogP contribution in [0.5, 0.6) is 0 Å². The summed E-state index contributed by atoms with van der Waals surface area (Å²) >= 11 is 0. The normalized spacial score (nSPS) is 10.3. The molecule has 0 aliphatic carbocycles. The minimum Gasteiger partial charge on any atom is -0.870 e. The van der Waals surface area contributed by atoms with E-state index in [2.05, 4.69) is 0 Å². The Morgan fingerprint density at radius 2 is 1.64 bits per heavy atom. The molecule has 0 aromatic rings. The van der Waals surface area contributed by atoms with Gasteiger partial charge in [-0.1, -0.05) is 0 Å². The molecule has 0 aromatic carbocycles. The molecule has 0 spiro atoms. The first-order valence-electron chi connectivity index (χ1n) is 2.57. The van der Waals surface area contributed by atoms with Crippen LogP contribution < -0.4 is 40.0 Å². The fourth-order valence-corrected chi connectivity index (χ4v) is 0.321. The molecule has 0 saturated heterocycles. The van der Waals surface area contributed by atoms with Gasteiger partial charge < -0.3 is 15.4 Å². The summed E-state index contributed by atoms with van der Waals surface area (Å²) in [6.45, 7) is 0.972. The van der Waals surface area contributed by atoms with Crippen molar-refractivity contribution in [2.45, 2.75) is 6.92 Å². The molecule has 1 aliphatic rings. The molecule has 4 nitrogen and oxygen atoms in total. The maximum absolute atomic E-state index is 8.89. The van der Waals surface area contributed by atoms with Crippen LogP contribution in [0.3, 0.4) is 0 Å². The Balaban J connectivity index is -0.000000101. The van der Waals surface area contributed by atoms with Gasteiger partial charge in [0.25, 0.3) is 0 Å². The van der Waals surface area contributed by atoms with Crippen LogP contribution in [0.15, 0.2) is 24.6 Å². The fraction of sp³-hybridized carbons (Fsp3) is 0.167. The summed E-state index contributed by atoms with van der Waals surface area (Å²) < 4.78 is 0. The number of carbonyl (C=O) groups excluding carboxylic acids is 1. The predicted molar refractivity (Wildman–Crippen MR) is 32.8 cm³/mol. The zero-order valence-corrected chi connectivity index (χ0v) is 8.65. The Hall–Kier alpha value is -0.130. The number of allylic oxidation sites excluding steroid dienone is 2. The molecular weight excluding hydrogens is 157 g/mol. The number of carboxylic acids is 1. The van der Waals surface area contributed by atoms with Gasteiger partial charge in [-0.3, -0.25) is 5.32 Å². The van der Waals surface area contributed by atoms with Gasteiger partial charge in [-0.15, -0.1) is 0 Å². The number of aliphatic carboxylic acids is 1. The van der Waals surface area contributed by atoms with Crippen molar-refractivity contribution in [1.29, 1.82) is 0 Å². The van der Waals surface area contributed by atoms with Crippen molar-refractivity contribution in [2.75, 3.05) is 0 Å². The molecule has 1 rings (SSSR count). The van der Waals surface area contributed by atoms with Crippen molar-refractivity contribution < 1.29 is 50.3 Å². The first kappa shape index (κ1) is 17.1. The van der Waals surface area contributed by atoms with Gasteiger partial charge in [0, 0.05) is 5.97 Å². The van der Waals surface area contributed by atoms with Crippen LogP contribution in [0.2, 0.25) is 0 Å². The number of quaternary nitrogens is 1. The quantitative estimate of drug-likeness (QED) is 0.367. The van der Waals surface area contributed by atoms with E-state index in [1.807, 2.05) is 29.9 Å². The van der Waals surface area contributed by atoms with E-state index in [9.17, 15) is 0 Å². The van der Waals surface area contributed by atoms with E-state index in [1.165, 1.54) is 0 Å². The molecule has 1 aliphatic heterocycles. The first-order valence-corrected chi connectivity index (χ1v) is 2.57. The van der Waals surface area contributed by atoms with Gasteiger partial charge in [0.05, 0.1) is 12.4 Å². The van der Waals surface area contributed by atoms with Crippen molar-refractivity contribution in [2.24, 2.45) is 0 Å². The van der Waals surface area contributed by atoms with E-state index in [1.54, 1.807) is 0 Å². The summed E-state index contributed by atoms with van der Waals surface area (Å²) in [5, 5.41) is 10.9. The van der Waals surface area contributed by atoms with Gasteiger partial charge in [-0.2, -0.15) is 0 Å². The average Bonchev–Trinajstić information content (AvgIpc) is 2.11. The van der Waals surface area contributed by atoms with Crippen molar-refractivity contribution >= 4 is 5.97 Å². The molecule has 3 N–H and O–H groups in total. The largest absolute Gasteiger partial charge is 1.00 e. The van der Waals surface area contributed by atoms with E-state index in [0.717, 1.165) is 6.92 Å². The van der Waals surface area contributed by atoms with Gasteiger partial charge in [-0.05, 0) is 19.1 Å². The van der Waals surface area contributed by atoms with E-state index in [-0.39, 0.29) is 35.0 Å². The van der Waals surface area contributed by atoms with Gasteiger partial charge in [0.15, 0.2) is 0 Å². The summed E-state index contributed by atoms with van der Waals surface area (Å²) in [7, 11) is 0. The molecule has 0 atom stereocenters. The Bertz CT molecular complexity index is 131. The third-order valence-electron chi connectivity index (χ3n) is 0.556. The van der Waals surface area contributed by atoms with Crippen LogP contribution in [0.1, 0.15) is 6.92 Å². The summed E-state index contributed by atoms with van der Waals surface area (Å²) in [5.41, 5.74) is 0. The molecule has 1 heterocycles. The maximum atomic E-state index is 8.89. The van der Waals surface area contributed by atoms with E-state index in [0.29, 0.717) is 0 Å². The topological polar surface area (TPSA) is 86.7 Å². The van der Waals surface area contributed by atoms with Crippen molar-refractivity contribution in [3.05, 3.63) is 24.6 Å². The molecule has 0 fully saturated rings. The third kappa shape index (κ3) is 25.8. The molecule has 0 radical (unpaired) electrons. The number of hydrogen-bond donors (Lipinski definition) is 1. The Morgan fingerprint density at radius 1 is 1.36 bits per heavy atom. The molecular formula is C6H10NNaO3. The summed E-state index contributed by atoms with van der Waals surface area (Å²) in [6.07, 6.45) is 8.00. The van der Waals surface area contributed by atoms with Crippen LogP contribution in [0.25, 0.3) is 0 Å². The van der Waals surface area contributed by atoms with Crippen molar-refractivity contribution in [3.8, 4) is 0 Å². The standard InChI is InChI=1S/C4H5N.C2H4O2.Na.H2O/c1-2-4-5-3-1;1-2(3)4;;/h1-5H;1H3,(H,3,4);;1H2/q;;+1;/p-1.